The molecule has 1 aromatic heterocycles. The summed E-state index contributed by atoms with van der Waals surface area (Å²) in [5.74, 6) is 1.21. The van der Waals surface area contributed by atoms with E-state index in [1.807, 2.05) is 24.3 Å². The normalized spacial score (nSPS) is 10.7. The first-order chi connectivity index (χ1) is 11.7. The third-order valence-corrected chi connectivity index (χ3v) is 3.73. The quantitative estimate of drug-likeness (QED) is 0.393. The summed E-state index contributed by atoms with van der Waals surface area (Å²) in [5.41, 5.74) is 2.77. The SMILES string of the molecule is COc1cc(NCCCc2nc3ccccc3[nH]2)ccc1[N+](=O)[O-]. The van der Waals surface area contributed by atoms with Gasteiger partial charge in [-0.1, -0.05) is 12.1 Å². The Labute approximate surface area is 138 Å². The van der Waals surface area contributed by atoms with Crippen LogP contribution in [0.1, 0.15) is 12.2 Å². The summed E-state index contributed by atoms with van der Waals surface area (Å²) in [6.07, 6.45) is 1.71. The molecule has 0 unspecified atom stereocenters. The molecule has 0 saturated heterocycles. The van der Waals surface area contributed by atoms with Gasteiger partial charge in [-0.15, -0.1) is 0 Å². The first-order valence-corrected chi connectivity index (χ1v) is 7.67. The molecule has 3 aromatic rings. The largest absolute Gasteiger partial charge is 0.490 e. The van der Waals surface area contributed by atoms with Crippen molar-refractivity contribution in [1.29, 1.82) is 0 Å². The van der Waals surface area contributed by atoms with E-state index in [-0.39, 0.29) is 11.4 Å². The van der Waals surface area contributed by atoms with Crippen LogP contribution in [0.4, 0.5) is 11.4 Å². The van der Waals surface area contributed by atoms with Crippen molar-refractivity contribution in [2.45, 2.75) is 12.8 Å². The van der Waals surface area contributed by atoms with Crippen molar-refractivity contribution < 1.29 is 9.66 Å². The molecule has 1 heterocycles. The number of hydrogen-bond acceptors (Lipinski definition) is 5. The molecule has 7 heteroatoms. The van der Waals surface area contributed by atoms with E-state index in [0.29, 0.717) is 0 Å². The van der Waals surface area contributed by atoms with Crippen LogP contribution in [-0.4, -0.2) is 28.5 Å². The summed E-state index contributed by atoms with van der Waals surface area (Å²) >= 11 is 0. The van der Waals surface area contributed by atoms with Crippen LogP contribution >= 0.6 is 0 Å². The Morgan fingerprint density at radius 3 is 2.88 bits per heavy atom. The van der Waals surface area contributed by atoms with Gasteiger partial charge in [0.15, 0.2) is 5.75 Å². The molecule has 0 aliphatic rings. The molecule has 0 aliphatic carbocycles. The number of methoxy groups -OCH3 is 1. The summed E-state index contributed by atoms with van der Waals surface area (Å²) < 4.78 is 5.06. The second kappa shape index (κ2) is 6.99. The molecule has 3 rings (SSSR count). The van der Waals surface area contributed by atoms with E-state index in [1.54, 1.807) is 12.1 Å². The monoisotopic (exact) mass is 326 g/mol. The Morgan fingerprint density at radius 1 is 1.29 bits per heavy atom. The molecule has 2 N–H and O–H groups in total. The van der Waals surface area contributed by atoms with Gasteiger partial charge in [-0.2, -0.15) is 0 Å². The predicted octanol–water partition coefficient (Wildman–Crippen LogP) is 3.52. The maximum absolute atomic E-state index is 10.9. The first-order valence-electron chi connectivity index (χ1n) is 7.67. The van der Waals surface area contributed by atoms with Gasteiger partial charge in [0.1, 0.15) is 5.82 Å². The van der Waals surface area contributed by atoms with E-state index in [4.69, 9.17) is 4.74 Å². The van der Waals surface area contributed by atoms with Crippen molar-refractivity contribution >= 4 is 22.4 Å². The third kappa shape index (κ3) is 3.45. The molecule has 7 nitrogen and oxygen atoms in total. The second-order valence-electron chi connectivity index (χ2n) is 5.37. The van der Waals surface area contributed by atoms with Gasteiger partial charge in [0.05, 0.1) is 23.1 Å². The number of aryl methyl sites for hydroxylation is 1. The number of H-pyrrole nitrogens is 1. The van der Waals surface area contributed by atoms with Crippen LogP contribution < -0.4 is 10.1 Å². The van der Waals surface area contributed by atoms with Gasteiger partial charge in [-0.3, -0.25) is 10.1 Å². The van der Waals surface area contributed by atoms with Gasteiger partial charge in [0.25, 0.3) is 0 Å². The van der Waals surface area contributed by atoms with E-state index in [0.717, 1.165) is 41.9 Å². The van der Waals surface area contributed by atoms with Crippen LogP contribution in [0, 0.1) is 10.1 Å². The first kappa shape index (κ1) is 15.8. The number of fused-ring (bicyclic) bond motifs is 1. The van der Waals surface area contributed by atoms with E-state index < -0.39 is 4.92 Å². The highest BCUT2D eigenvalue weighted by Gasteiger charge is 2.14. The molecule has 0 spiro atoms. The minimum atomic E-state index is -0.454. The van der Waals surface area contributed by atoms with Crippen molar-refractivity contribution in [2.24, 2.45) is 0 Å². The molecular formula is C17H18N4O3. The number of nitro benzene ring substituents is 1. The number of nitrogens with zero attached hydrogens (tertiary/aromatic N) is 2. The van der Waals surface area contributed by atoms with Crippen LogP contribution in [0.2, 0.25) is 0 Å². The van der Waals surface area contributed by atoms with E-state index in [9.17, 15) is 10.1 Å². The van der Waals surface area contributed by atoms with Gasteiger partial charge in [0.2, 0.25) is 0 Å². The Hall–Kier alpha value is -3.09. The number of nitrogens with one attached hydrogen (secondary N) is 2. The highest BCUT2D eigenvalue weighted by Crippen LogP contribution is 2.29. The van der Waals surface area contributed by atoms with Gasteiger partial charge in [0, 0.05) is 30.8 Å². The van der Waals surface area contributed by atoms with Crippen LogP contribution in [0.25, 0.3) is 11.0 Å². The summed E-state index contributed by atoms with van der Waals surface area (Å²) in [4.78, 5) is 18.3. The maximum atomic E-state index is 10.9. The smallest absolute Gasteiger partial charge is 0.311 e. The molecule has 0 saturated carbocycles. The molecule has 124 valence electrons. The molecule has 0 atom stereocenters. The van der Waals surface area contributed by atoms with Gasteiger partial charge in [-0.05, 0) is 24.6 Å². The molecular weight excluding hydrogens is 308 g/mol. The van der Waals surface area contributed by atoms with Crippen molar-refractivity contribution in [3.05, 3.63) is 58.4 Å². The van der Waals surface area contributed by atoms with Crippen molar-refractivity contribution in [2.75, 3.05) is 19.0 Å². The maximum Gasteiger partial charge on any atom is 0.311 e. The number of nitro groups is 1. The number of imidazole rings is 1. The van der Waals surface area contributed by atoms with Crippen LogP contribution in [0.3, 0.4) is 0 Å². The van der Waals surface area contributed by atoms with E-state index >= 15 is 0 Å². The van der Waals surface area contributed by atoms with Crippen molar-refractivity contribution in [1.82, 2.24) is 9.97 Å². The third-order valence-electron chi connectivity index (χ3n) is 3.73. The molecule has 0 fully saturated rings. The number of para-hydroxylation sites is 2. The van der Waals surface area contributed by atoms with Crippen LogP contribution in [0.5, 0.6) is 5.75 Å². The lowest BCUT2D eigenvalue weighted by molar-refractivity contribution is -0.385. The Balaban J connectivity index is 1.55. The van der Waals surface area contributed by atoms with E-state index in [1.165, 1.54) is 13.2 Å². The standard InChI is InChI=1S/C17H18N4O3/c1-24-16-11-12(8-9-15(16)21(22)23)18-10-4-7-17-19-13-5-2-3-6-14(13)20-17/h2-3,5-6,8-9,11,18H,4,7,10H2,1H3,(H,19,20). The fourth-order valence-electron chi connectivity index (χ4n) is 2.55. The minimum Gasteiger partial charge on any atom is -0.490 e. The summed E-state index contributed by atoms with van der Waals surface area (Å²) in [6, 6.07) is 12.7. The highest BCUT2D eigenvalue weighted by molar-refractivity contribution is 5.74. The number of aromatic amines is 1. The molecule has 0 bridgehead atoms. The van der Waals surface area contributed by atoms with Crippen molar-refractivity contribution in [3.63, 3.8) is 0 Å². The Bertz CT molecular complexity index is 827. The summed E-state index contributed by atoms with van der Waals surface area (Å²) in [6.45, 7) is 0.734. The zero-order valence-electron chi connectivity index (χ0n) is 13.3. The lowest BCUT2D eigenvalue weighted by Crippen LogP contribution is -2.04. The van der Waals surface area contributed by atoms with Crippen LogP contribution in [-0.2, 0) is 6.42 Å². The Kier molecular flexibility index (Phi) is 4.60. The number of aromatic nitrogens is 2. The van der Waals surface area contributed by atoms with Gasteiger partial charge in [-0.25, -0.2) is 4.98 Å². The number of anilines is 1. The average molecular weight is 326 g/mol. The fraction of sp³-hybridized carbons (Fsp3) is 0.235. The average Bonchev–Trinajstić information content (AvgIpc) is 3.01. The number of ether oxygens (including phenoxy) is 1. The lowest BCUT2D eigenvalue weighted by atomic mass is 10.2. The van der Waals surface area contributed by atoms with Crippen LogP contribution in [0.15, 0.2) is 42.5 Å². The lowest BCUT2D eigenvalue weighted by Gasteiger charge is -2.08. The number of hydrogen-bond donors (Lipinski definition) is 2. The number of benzene rings is 2. The fourth-order valence-corrected chi connectivity index (χ4v) is 2.55. The molecule has 24 heavy (non-hydrogen) atoms. The Morgan fingerprint density at radius 2 is 2.12 bits per heavy atom. The molecule has 0 radical (unpaired) electrons. The van der Waals surface area contributed by atoms with Gasteiger partial charge >= 0.3 is 5.69 Å². The molecule has 0 aliphatic heterocycles. The zero-order valence-corrected chi connectivity index (χ0v) is 13.3. The molecule has 0 amide bonds. The topological polar surface area (TPSA) is 93.1 Å². The van der Waals surface area contributed by atoms with E-state index in [2.05, 4.69) is 15.3 Å². The molecule has 2 aromatic carbocycles. The van der Waals surface area contributed by atoms with Gasteiger partial charge < -0.3 is 15.0 Å². The summed E-state index contributed by atoms with van der Waals surface area (Å²) in [7, 11) is 1.42. The zero-order chi connectivity index (χ0) is 16.9. The number of rotatable bonds is 7. The summed E-state index contributed by atoms with van der Waals surface area (Å²) in [5, 5.41) is 14.1. The van der Waals surface area contributed by atoms with Crippen molar-refractivity contribution in [3.8, 4) is 5.75 Å². The minimum absolute atomic E-state index is 0.0367. The predicted molar refractivity (Wildman–Crippen MR) is 92.6 cm³/mol. The highest BCUT2D eigenvalue weighted by atomic mass is 16.6. The second-order valence-corrected chi connectivity index (χ2v) is 5.37.